The van der Waals surface area contributed by atoms with Crippen molar-refractivity contribution in [2.24, 2.45) is 7.05 Å². The highest BCUT2D eigenvalue weighted by Crippen LogP contribution is 2.33. The lowest BCUT2D eigenvalue weighted by Gasteiger charge is -2.05. The van der Waals surface area contributed by atoms with Crippen LogP contribution in [-0.2, 0) is 7.05 Å². The van der Waals surface area contributed by atoms with E-state index in [-0.39, 0.29) is 6.04 Å². The Bertz CT molecular complexity index is 1020. The summed E-state index contributed by atoms with van der Waals surface area (Å²) in [4.78, 5) is 8.53. The second kappa shape index (κ2) is 4.81. The molecule has 0 aliphatic rings. The molecule has 23 heavy (non-hydrogen) atoms. The fourth-order valence-corrected chi connectivity index (χ4v) is 2.97. The van der Waals surface area contributed by atoms with Gasteiger partial charge in [0.1, 0.15) is 17.8 Å². The van der Waals surface area contributed by atoms with Gasteiger partial charge in [0.15, 0.2) is 5.65 Å². The normalized spacial score (nSPS) is 11.8. The third-order valence-electron chi connectivity index (χ3n) is 4.17. The van der Waals surface area contributed by atoms with E-state index in [9.17, 15) is 0 Å². The van der Waals surface area contributed by atoms with Crippen LogP contribution in [0.15, 0.2) is 36.8 Å². The molecular formula is C17H18N6. The molecule has 0 spiro atoms. The van der Waals surface area contributed by atoms with E-state index in [1.54, 1.807) is 0 Å². The Morgan fingerprint density at radius 2 is 1.96 bits per heavy atom. The van der Waals surface area contributed by atoms with Gasteiger partial charge in [-0.25, -0.2) is 14.6 Å². The number of nitrogens with zero attached hydrogens (tertiary/aromatic N) is 5. The Hall–Kier alpha value is -2.89. The standard InChI is InChI=1S/C17H18N6/c1-10(2)23-17-14(16(18)19-9-20-17)15(21-23)12-5-4-11-6-7-22(3)13(11)8-12/h4-10H,1-3H3,(H2,18,19,20). The summed E-state index contributed by atoms with van der Waals surface area (Å²) in [6.45, 7) is 4.16. The maximum absolute atomic E-state index is 6.12. The molecule has 0 bridgehead atoms. The maximum Gasteiger partial charge on any atom is 0.164 e. The van der Waals surface area contributed by atoms with Gasteiger partial charge in [0.05, 0.1) is 5.39 Å². The molecule has 6 heteroatoms. The number of aryl methyl sites for hydroxylation is 1. The summed E-state index contributed by atoms with van der Waals surface area (Å²) in [5.41, 5.74) is 9.90. The van der Waals surface area contributed by atoms with Gasteiger partial charge in [-0.1, -0.05) is 12.1 Å². The van der Waals surface area contributed by atoms with Crippen molar-refractivity contribution in [2.45, 2.75) is 19.9 Å². The van der Waals surface area contributed by atoms with Crippen LogP contribution in [0.2, 0.25) is 0 Å². The molecule has 0 saturated carbocycles. The number of benzene rings is 1. The van der Waals surface area contributed by atoms with Gasteiger partial charge in [-0.15, -0.1) is 0 Å². The van der Waals surface area contributed by atoms with E-state index in [4.69, 9.17) is 10.8 Å². The maximum atomic E-state index is 6.12. The SMILES string of the molecule is CC(C)n1nc(-c2ccc3ccn(C)c3c2)c2c(N)ncnc21. The first-order chi connectivity index (χ1) is 11.1. The summed E-state index contributed by atoms with van der Waals surface area (Å²) in [5.74, 6) is 0.462. The summed E-state index contributed by atoms with van der Waals surface area (Å²) in [5, 5.41) is 6.78. The smallest absolute Gasteiger partial charge is 0.164 e. The topological polar surface area (TPSA) is 74.5 Å². The summed E-state index contributed by atoms with van der Waals surface area (Å²) >= 11 is 0. The van der Waals surface area contributed by atoms with Crippen LogP contribution in [0.25, 0.3) is 33.2 Å². The van der Waals surface area contributed by atoms with E-state index in [2.05, 4.69) is 58.8 Å². The van der Waals surface area contributed by atoms with Crippen LogP contribution in [0.1, 0.15) is 19.9 Å². The van der Waals surface area contributed by atoms with Crippen LogP contribution < -0.4 is 5.73 Å². The van der Waals surface area contributed by atoms with Crippen LogP contribution in [0, 0.1) is 0 Å². The Labute approximate surface area is 133 Å². The zero-order valence-corrected chi connectivity index (χ0v) is 13.4. The van der Waals surface area contributed by atoms with Gasteiger partial charge in [0, 0.05) is 30.4 Å². The Morgan fingerprint density at radius 1 is 1.13 bits per heavy atom. The fraction of sp³-hybridized carbons (Fsp3) is 0.235. The number of hydrogen-bond donors (Lipinski definition) is 1. The Balaban J connectivity index is 2.05. The average molecular weight is 306 g/mol. The van der Waals surface area contributed by atoms with Crippen molar-refractivity contribution in [1.82, 2.24) is 24.3 Å². The van der Waals surface area contributed by atoms with Crippen molar-refractivity contribution in [3.8, 4) is 11.3 Å². The summed E-state index contributed by atoms with van der Waals surface area (Å²) < 4.78 is 4.00. The van der Waals surface area contributed by atoms with Crippen molar-refractivity contribution in [3.63, 3.8) is 0 Å². The highest BCUT2D eigenvalue weighted by molar-refractivity contribution is 5.99. The number of fused-ring (bicyclic) bond motifs is 2. The van der Waals surface area contributed by atoms with Crippen LogP contribution in [0.4, 0.5) is 5.82 Å². The highest BCUT2D eigenvalue weighted by Gasteiger charge is 2.18. The average Bonchev–Trinajstić information content (AvgIpc) is 3.09. The molecule has 0 aliphatic heterocycles. The molecule has 0 atom stereocenters. The quantitative estimate of drug-likeness (QED) is 0.617. The molecule has 0 amide bonds. The number of nitrogen functional groups attached to an aromatic ring is 1. The predicted octanol–water partition coefficient (Wildman–Crippen LogP) is 3.15. The minimum Gasteiger partial charge on any atom is -0.383 e. The van der Waals surface area contributed by atoms with E-state index in [1.165, 1.54) is 11.7 Å². The number of rotatable bonds is 2. The molecule has 0 radical (unpaired) electrons. The lowest BCUT2D eigenvalue weighted by Crippen LogP contribution is -2.04. The Kier molecular flexibility index (Phi) is 2.87. The van der Waals surface area contributed by atoms with E-state index in [1.807, 2.05) is 11.7 Å². The molecule has 0 saturated heterocycles. The summed E-state index contributed by atoms with van der Waals surface area (Å²) in [6, 6.07) is 8.60. The van der Waals surface area contributed by atoms with Gasteiger partial charge in [-0.05, 0) is 31.4 Å². The lowest BCUT2D eigenvalue weighted by molar-refractivity contribution is 0.548. The third-order valence-corrected chi connectivity index (χ3v) is 4.17. The van der Waals surface area contributed by atoms with E-state index in [0.29, 0.717) is 5.82 Å². The first-order valence-corrected chi connectivity index (χ1v) is 7.60. The number of anilines is 1. The molecule has 3 aromatic heterocycles. The van der Waals surface area contributed by atoms with E-state index < -0.39 is 0 Å². The lowest BCUT2D eigenvalue weighted by atomic mass is 10.1. The number of nitrogens with two attached hydrogens (primary N) is 1. The van der Waals surface area contributed by atoms with Crippen molar-refractivity contribution in [3.05, 3.63) is 36.8 Å². The highest BCUT2D eigenvalue weighted by atomic mass is 15.3. The molecule has 6 nitrogen and oxygen atoms in total. The molecule has 4 rings (SSSR count). The zero-order chi connectivity index (χ0) is 16.1. The van der Waals surface area contributed by atoms with Gasteiger partial charge < -0.3 is 10.3 Å². The van der Waals surface area contributed by atoms with Gasteiger partial charge in [-0.3, -0.25) is 0 Å². The predicted molar refractivity (Wildman–Crippen MR) is 92.0 cm³/mol. The van der Waals surface area contributed by atoms with Gasteiger partial charge in [-0.2, -0.15) is 5.10 Å². The van der Waals surface area contributed by atoms with E-state index >= 15 is 0 Å². The minimum atomic E-state index is 0.194. The molecule has 0 fully saturated rings. The number of hydrogen-bond acceptors (Lipinski definition) is 4. The molecular weight excluding hydrogens is 288 g/mol. The molecule has 3 heterocycles. The summed E-state index contributed by atoms with van der Waals surface area (Å²) in [6.07, 6.45) is 3.54. The monoisotopic (exact) mass is 306 g/mol. The second-order valence-electron chi connectivity index (χ2n) is 6.04. The minimum absolute atomic E-state index is 0.194. The second-order valence-corrected chi connectivity index (χ2v) is 6.04. The third kappa shape index (κ3) is 1.98. The van der Waals surface area contributed by atoms with Crippen LogP contribution in [0.3, 0.4) is 0 Å². The first-order valence-electron chi connectivity index (χ1n) is 7.60. The van der Waals surface area contributed by atoms with Crippen LogP contribution >= 0.6 is 0 Å². The fourth-order valence-electron chi connectivity index (χ4n) is 2.97. The molecule has 0 unspecified atom stereocenters. The first kappa shape index (κ1) is 13.8. The van der Waals surface area contributed by atoms with Crippen LogP contribution in [0.5, 0.6) is 0 Å². The molecule has 2 N–H and O–H groups in total. The largest absolute Gasteiger partial charge is 0.383 e. The van der Waals surface area contributed by atoms with Gasteiger partial charge >= 0.3 is 0 Å². The van der Waals surface area contributed by atoms with Gasteiger partial charge in [0.2, 0.25) is 0 Å². The van der Waals surface area contributed by atoms with Crippen LogP contribution in [-0.4, -0.2) is 24.3 Å². The molecule has 116 valence electrons. The molecule has 1 aromatic carbocycles. The van der Waals surface area contributed by atoms with Gasteiger partial charge in [0.25, 0.3) is 0 Å². The van der Waals surface area contributed by atoms with Crippen molar-refractivity contribution in [1.29, 1.82) is 0 Å². The molecule has 4 aromatic rings. The van der Waals surface area contributed by atoms with Crippen molar-refractivity contribution < 1.29 is 0 Å². The van der Waals surface area contributed by atoms with Crippen molar-refractivity contribution in [2.75, 3.05) is 5.73 Å². The number of aromatic nitrogens is 5. The zero-order valence-electron chi connectivity index (χ0n) is 13.4. The molecule has 0 aliphatic carbocycles. The van der Waals surface area contributed by atoms with E-state index in [0.717, 1.165) is 27.8 Å². The summed E-state index contributed by atoms with van der Waals surface area (Å²) in [7, 11) is 2.04. The van der Waals surface area contributed by atoms with Crippen molar-refractivity contribution >= 4 is 27.8 Å². The Morgan fingerprint density at radius 3 is 2.74 bits per heavy atom.